The van der Waals surface area contributed by atoms with E-state index >= 15 is 0 Å². The van der Waals surface area contributed by atoms with E-state index < -0.39 is 21.6 Å². The minimum atomic E-state index is -3.64. The Hall–Kier alpha value is -2.78. The van der Waals surface area contributed by atoms with Crippen LogP contribution in [0.5, 0.6) is 5.75 Å². The number of ether oxygens (including phenoxy) is 1. The van der Waals surface area contributed by atoms with Crippen LogP contribution < -0.4 is 14.4 Å². The lowest BCUT2D eigenvalue weighted by atomic mass is 10.0. The molecule has 2 aromatic carbocycles. The second-order valence-corrected chi connectivity index (χ2v) is 12.7. The third-order valence-corrected chi connectivity index (χ3v) is 7.38. The molecule has 0 saturated carbocycles. The van der Waals surface area contributed by atoms with Crippen molar-refractivity contribution in [3.05, 3.63) is 58.6 Å². The van der Waals surface area contributed by atoms with Crippen LogP contribution in [0.1, 0.15) is 58.1 Å². The monoisotopic (exact) mass is 565 g/mol. The minimum Gasteiger partial charge on any atom is -0.495 e. The zero-order chi connectivity index (χ0) is 28.7. The van der Waals surface area contributed by atoms with Crippen molar-refractivity contribution in [2.75, 3.05) is 24.2 Å². The standard InChI is InChI=1S/C28H40ClN3O5S/c1-8-24(27(34)30-28(3,4)5)31(19-21-12-9-11-20(2)17-21)26(33)13-10-16-32(38(7,35)36)22-14-15-25(37-6)23(29)18-22/h9,11-12,14-15,17-18,24H,8,10,13,16,19H2,1-7H3,(H,30,34). The Morgan fingerprint density at radius 2 is 1.82 bits per heavy atom. The highest BCUT2D eigenvalue weighted by atomic mass is 35.5. The van der Waals surface area contributed by atoms with Crippen molar-refractivity contribution in [1.29, 1.82) is 0 Å². The predicted octanol–water partition coefficient (Wildman–Crippen LogP) is 4.93. The molecule has 0 heterocycles. The van der Waals surface area contributed by atoms with Crippen LogP contribution in [0.3, 0.4) is 0 Å². The van der Waals surface area contributed by atoms with E-state index in [9.17, 15) is 18.0 Å². The van der Waals surface area contributed by atoms with Crippen LogP contribution in [0.15, 0.2) is 42.5 Å². The Balaban J connectivity index is 2.26. The van der Waals surface area contributed by atoms with Gasteiger partial charge in [0.05, 0.1) is 24.1 Å². The zero-order valence-corrected chi connectivity index (χ0v) is 24.9. The average Bonchev–Trinajstić information content (AvgIpc) is 2.79. The molecule has 8 nitrogen and oxygen atoms in total. The molecule has 38 heavy (non-hydrogen) atoms. The van der Waals surface area contributed by atoms with Crippen LogP contribution in [-0.4, -0.2) is 56.6 Å². The maximum atomic E-state index is 13.5. The molecule has 0 aliphatic heterocycles. The van der Waals surface area contributed by atoms with Gasteiger partial charge in [0.25, 0.3) is 0 Å². The van der Waals surface area contributed by atoms with Crippen LogP contribution in [0.2, 0.25) is 5.02 Å². The summed E-state index contributed by atoms with van der Waals surface area (Å²) in [5.74, 6) is 0.000228. The maximum absolute atomic E-state index is 13.5. The van der Waals surface area contributed by atoms with Gasteiger partial charge in [0, 0.05) is 25.0 Å². The summed E-state index contributed by atoms with van der Waals surface area (Å²) in [4.78, 5) is 28.3. The zero-order valence-electron chi connectivity index (χ0n) is 23.4. The highest BCUT2D eigenvalue weighted by Gasteiger charge is 2.30. The summed E-state index contributed by atoms with van der Waals surface area (Å²) in [5, 5.41) is 3.28. The lowest BCUT2D eigenvalue weighted by Crippen LogP contribution is -2.53. The summed E-state index contributed by atoms with van der Waals surface area (Å²) in [6.07, 6.45) is 1.89. The molecule has 0 fully saturated rings. The number of methoxy groups -OCH3 is 1. The Bertz CT molecular complexity index is 1230. The van der Waals surface area contributed by atoms with Gasteiger partial charge in [-0.05, 0) is 64.3 Å². The first-order chi connectivity index (χ1) is 17.7. The van der Waals surface area contributed by atoms with Gasteiger partial charge in [-0.25, -0.2) is 8.42 Å². The van der Waals surface area contributed by atoms with Gasteiger partial charge in [-0.15, -0.1) is 0 Å². The van der Waals surface area contributed by atoms with Crippen molar-refractivity contribution in [2.45, 2.75) is 72.0 Å². The van der Waals surface area contributed by atoms with Gasteiger partial charge in [0.15, 0.2) is 0 Å². The smallest absolute Gasteiger partial charge is 0.243 e. The molecule has 1 N–H and O–H groups in total. The SMILES string of the molecule is CCC(C(=O)NC(C)(C)C)N(Cc1cccc(C)c1)C(=O)CCCN(c1ccc(OC)c(Cl)c1)S(C)(=O)=O. The summed E-state index contributed by atoms with van der Waals surface area (Å²) in [6, 6.07) is 11.9. The van der Waals surface area contributed by atoms with E-state index in [0.717, 1.165) is 17.4 Å². The van der Waals surface area contributed by atoms with Gasteiger partial charge >= 0.3 is 0 Å². The van der Waals surface area contributed by atoms with Crippen LogP contribution in [0, 0.1) is 6.92 Å². The molecule has 2 rings (SSSR count). The molecule has 0 bridgehead atoms. The summed E-state index contributed by atoms with van der Waals surface area (Å²) in [5.41, 5.74) is 1.92. The van der Waals surface area contributed by atoms with E-state index in [2.05, 4.69) is 5.32 Å². The third-order valence-electron chi connectivity index (χ3n) is 5.90. The molecule has 0 spiro atoms. The Kier molecular flexibility index (Phi) is 11.0. The molecule has 0 aromatic heterocycles. The number of carbonyl (C=O) groups excluding carboxylic acids is 2. The fourth-order valence-corrected chi connectivity index (χ4v) is 5.40. The van der Waals surface area contributed by atoms with Gasteiger partial charge in [-0.3, -0.25) is 13.9 Å². The summed E-state index contributed by atoms with van der Waals surface area (Å²) < 4.78 is 31.5. The molecule has 0 aliphatic rings. The van der Waals surface area contributed by atoms with Gasteiger partial charge in [0.2, 0.25) is 21.8 Å². The number of benzene rings is 2. The summed E-state index contributed by atoms with van der Waals surface area (Å²) in [7, 11) is -2.15. The van der Waals surface area contributed by atoms with Gasteiger partial charge in [-0.2, -0.15) is 0 Å². The van der Waals surface area contributed by atoms with Crippen LogP contribution in [-0.2, 0) is 26.2 Å². The Morgan fingerprint density at radius 3 is 2.34 bits per heavy atom. The molecule has 2 amide bonds. The second kappa shape index (κ2) is 13.3. The number of halogens is 1. The van der Waals surface area contributed by atoms with Crippen LogP contribution >= 0.6 is 11.6 Å². The number of nitrogens with zero attached hydrogens (tertiary/aromatic N) is 2. The third kappa shape index (κ3) is 9.20. The van der Waals surface area contributed by atoms with E-state index in [0.29, 0.717) is 17.9 Å². The molecule has 1 unspecified atom stereocenters. The van der Waals surface area contributed by atoms with Gasteiger partial charge < -0.3 is 15.0 Å². The van der Waals surface area contributed by atoms with Crippen molar-refractivity contribution in [3.63, 3.8) is 0 Å². The van der Waals surface area contributed by atoms with Crippen molar-refractivity contribution >= 4 is 39.1 Å². The Morgan fingerprint density at radius 1 is 1.13 bits per heavy atom. The second-order valence-electron chi connectivity index (χ2n) is 10.4. The number of amides is 2. The number of anilines is 1. The van der Waals surface area contributed by atoms with Crippen molar-refractivity contribution in [3.8, 4) is 5.75 Å². The number of sulfonamides is 1. The number of aryl methyl sites for hydroxylation is 1. The van der Waals surface area contributed by atoms with E-state index in [1.807, 2.05) is 58.9 Å². The molecule has 0 saturated heterocycles. The first-order valence-corrected chi connectivity index (χ1v) is 14.9. The van der Waals surface area contributed by atoms with Crippen molar-refractivity contribution in [1.82, 2.24) is 10.2 Å². The van der Waals surface area contributed by atoms with Crippen molar-refractivity contribution < 1.29 is 22.7 Å². The number of hydrogen-bond donors (Lipinski definition) is 1. The fourth-order valence-electron chi connectivity index (χ4n) is 4.19. The van der Waals surface area contributed by atoms with Gasteiger partial charge in [-0.1, -0.05) is 48.4 Å². The maximum Gasteiger partial charge on any atom is 0.243 e. The molecule has 0 radical (unpaired) electrons. The fraction of sp³-hybridized carbons (Fsp3) is 0.500. The van der Waals surface area contributed by atoms with E-state index in [-0.39, 0.29) is 42.8 Å². The van der Waals surface area contributed by atoms with E-state index in [4.69, 9.17) is 16.3 Å². The van der Waals surface area contributed by atoms with Crippen LogP contribution in [0.4, 0.5) is 5.69 Å². The first kappa shape index (κ1) is 31.4. The van der Waals surface area contributed by atoms with Crippen molar-refractivity contribution in [2.24, 2.45) is 0 Å². The minimum absolute atomic E-state index is 0.0705. The summed E-state index contributed by atoms with van der Waals surface area (Å²) >= 11 is 6.22. The normalized spacial score (nSPS) is 12.5. The highest BCUT2D eigenvalue weighted by Crippen LogP contribution is 2.30. The highest BCUT2D eigenvalue weighted by molar-refractivity contribution is 7.92. The predicted molar refractivity (Wildman–Crippen MR) is 153 cm³/mol. The molecule has 10 heteroatoms. The molecule has 0 aliphatic carbocycles. The van der Waals surface area contributed by atoms with E-state index in [1.54, 1.807) is 17.0 Å². The molecule has 210 valence electrons. The average molecular weight is 566 g/mol. The lowest BCUT2D eigenvalue weighted by Gasteiger charge is -2.33. The molecule has 1 atom stereocenters. The quantitative estimate of drug-likeness (QED) is 0.394. The number of rotatable bonds is 12. The largest absolute Gasteiger partial charge is 0.495 e. The Labute approximate surface area is 232 Å². The molecular weight excluding hydrogens is 526 g/mol. The molecule has 2 aromatic rings. The number of hydrogen-bond acceptors (Lipinski definition) is 5. The van der Waals surface area contributed by atoms with Crippen LogP contribution in [0.25, 0.3) is 0 Å². The first-order valence-electron chi connectivity index (χ1n) is 12.6. The lowest BCUT2D eigenvalue weighted by molar-refractivity contribution is -0.142. The topological polar surface area (TPSA) is 96.0 Å². The number of carbonyl (C=O) groups is 2. The molecular formula is C28H40ClN3O5S. The van der Waals surface area contributed by atoms with E-state index in [1.165, 1.54) is 17.5 Å². The van der Waals surface area contributed by atoms with Gasteiger partial charge in [0.1, 0.15) is 11.8 Å². The summed E-state index contributed by atoms with van der Waals surface area (Å²) in [6.45, 7) is 9.91. The number of nitrogens with one attached hydrogen (secondary N) is 1.